The molecule has 6 N–H and O–H groups in total. The fourth-order valence-corrected chi connectivity index (χ4v) is 6.12. The van der Waals surface area contributed by atoms with E-state index in [0.717, 1.165) is 76.6 Å². The van der Waals surface area contributed by atoms with E-state index in [9.17, 15) is 30.0 Å². The summed E-state index contributed by atoms with van der Waals surface area (Å²) >= 11 is 0. The summed E-state index contributed by atoms with van der Waals surface area (Å²) in [5.74, 6) is 0.240. The second kappa shape index (κ2) is 28.3. The van der Waals surface area contributed by atoms with E-state index in [4.69, 9.17) is 14.2 Å². The molecular weight excluding hydrogens is 640 g/mol. The second-order valence-corrected chi connectivity index (χ2v) is 13.7. The van der Waals surface area contributed by atoms with Gasteiger partial charge in [0.05, 0.1) is 19.8 Å². The maximum atomic E-state index is 13.1. The molecule has 0 radical (unpaired) electrons. The van der Waals surface area contributed by atoms with Crippen LogP contribution in [0.2, 0.25) is 0 Å². The molecule has 0 spiro atoms. The fraction of sp³-hybridized carbons (Fsp3) is 0.795. The molecule has 1 aromatic rings. The average Bonchev–Trinajstić information content (AvgIpc) is 3.12. The van der Waals surface area contributed by atoms with E-state index >= 15 is 0 Å². The number of benzene rings is 1. The Balaban J connectivity index is 1.67. The fourth-order valence-electron chi connectivity index (χ4n) is 6.12. The normalized spacial score (nSPS) is 21.1. The number of rotatable bonds is 30. The zero-order valence-corrected chi connectivity index (χ0v) is 30.7. The predicted octanol–water partition coefficient (Wildman–Crippen LogP) is 5.30. The first-order valence-electron chi connectivity index (χ1n) is 19.5. The topological polar surface area (TPSA) is 167 Å². The Hall–Kier alpha value is -2.28. The van der Waals surface area contributed by atoms with Crippen LogP contribution in [0.15, 0.2) is 30.3 Å². The smallest absolute Gasteiger partial charge is 0.244 e. The first-order valence-corrected chi connectivity index (χ1v) is 19.5. The molecule has 2 amide bonds. The highest BCUT2D eigenvalue weighted by Crippen LogP contribution is 2.22. The summed E-state index contributed by atoms with van der Waals surface area (Å²) < 4.78 is 16.8. The largest absolute Gasteiger partial charge is 0.494 e. The number of ether oxygens (including phenoxy) is 3. The molecule has 288 valence electrons. The van der Waals surface area contributed by atoms with Gasteiger partial charge in [0.15, 0.2) is 6.29 Å². The number of unbranched alkanes of at least 4 members (excludes halogenated alkanes) is 17. The molecule has 0 bridgehead atoms. The summed E-state index contributed by atoms with van der Waals surface area (Å²) in [6, 6.07) is 8.81. The maximum Gasteiger partial charge on any atom is 0.244 e. The third-order valence-electron chi connectivity index (χ3n) is 9.32. The molecule has 1 saturated heterocycles. The number of carbonyl (C=O) groups excluding carboxylic acids is 2. The van der Waals surface area contributed by atoms with Gasteiger partial charge in [0.25, 0.3) is 0 Å². The van der Waals surface area contributed by atoms with Crippen LogP contribution < -0.4 is 15.4 Å². The summed E-state index contributed by atoms with van der Waals surface area (Å²) in [5, 5.41) is 45.6. The molecule has 2 rings (SSSR count). The van der Waals surface area contributed by atoms with Crippen LogP contribution in [-0.4, -0.2) is 95.4 Å². The van der Waals surface area contributed by atoms with Gasteiger partial charge < -0.3 is 45.3 Å². The molecule has 1 aliphatic rings. The molecular formula is C39H68N2O9. The van der Waals surface area contributed by atoms with Crippen molar-refractivity contribution in [3.05, 3.63) is 30.3 Å². The molecule has 11 nitrogen and oxygen atoms in total. The standard InChI is InChI=1S/C39H68N2O9/c1-2-3-4-5-6-7-8-10-13-16-22-27-40-38(47)32(30-49-39-37(46)36(45)35(44)33(29-42)50-39)41-34(43)26-21-15-12-9-11-14-17-23-28-48-31-24-19-18-20-25-31/h18-20,24-25,32-33,35-37,39,42,44-46H,2-17,21-23,26-30H2,1H3,(H,40,47)(H,41,43)/t32-,33+,35-,36-,37+,39-/m0/s1. The van der Waals surface area contributed by atoms with E-state index < -0.39 is 49.3 Å². The van der Waals surface area contributed by atoms with Crippen molar-refractivity contribution in [3.8, 4) is 5.75 Å². The van der Waals surface area contributed by atoms with Crippen LogP contribution in [0.1, 0.15) is 135 Å². The number of carbonyl (C=O) groups is 2. The van der Waals surface area contributed by atoms with Gasteiger partial charge in [0.1, 0.15) is 36.2 Å². The van der Waals surface area contributed by atoms with Crippen LogP contribution in [0.5, 0.6) is 5.75 Å². The first-order chi connectivity index (χ1) is 24.4. The summed E-state index contributed by atoms with van der Waals surface area (Å²) in [7, 11) is 0. The lowest BCUT2D eigenvalue weighted by Crippen LogP contribution is -2.60. The number of nitrogens with one attached hydrogen (secondary N) is 2. The van der Waals surface area contributed by atoms with E-state index in [1.165, 1.54) is 51.4 Å². The van der Waals surface area contributed by atoms with Crippen LogP contribution in [0.25, 0.3) is 0 Å². The molecule has 1 heterocycles. The zero-order valence-electron chi connectivity index (χ0n) is 30.7. The van der Waals surface area contributed by atoms with Gasteiger partial charge in [-0.2, -0.15) is 0 Å². The third-order valence-corrected chi connectivity index (χ3v) is 9.32. The minimum atomic E-state index is -1.59. The van der Waals surface area contributed by atoms with Gasteiger partial charge in [-0.3, -0.25) is 9.59 Å². The number of aliphatic hydroxyl groups excluding tert-OH is 4. The van der Waals surface area contributed by atoms with Gasteiger partial charge in [-0.15, -0.1) is 0 Å². The molecule has 0 unspecified atom stereocenters. The van der Waals surface area contributed by atoms with Gasteiger partial charge >= 0.3 is 0 Å². The first kappa shape index (κ1) is 43.9. The molecule has 50 heavy (non-hydrogen) atoms. The van der Waals surface area contributed by atoms with Crippen LogP contribution in [0.4, 0.5) is 0 Å². The molecule has 11 heteroatoms. The molecule has 1 fully saturated rings. The Morgan fingerprint density at radius 2 is 1.30 bits per heavy atom. The van der Waals surface area contributed by atoms with Crippen molar-refractivity contribution in [2.24, 2.45) is 0 Å². The SMILES string of the molecule is CCCCCCCCCCCCCNC(=O)[C@H](CO[C@H]1O[C@H](CO)[C@H](O)[C@H](O)[C@H]1O)NC(=O)CCCCCCCCCCOc1ccccc1. The summed E-state index contributed by atoms with van der Waals surface area (Å²) in [6.07, 6.45) is 14.5. The number of hydrogen-bond acceptors (Lipinski definition) is 9. The van der Waals surface area contributed by atoms with E-state index in [1.807, 2.05) is 30.3 Å². The monoisotopic (exact) mass is 708 g/mol. The van der Waals surface area contributed by atoms with Crippen LogP contribution in [0.3, 0.4) is 0 Å². The third kappa shape index (κ3) is 19.4. The Labute approximate surface area is 300 Å². The lowest BCUT2D eigenvalue weighted by molar-refractivity contribution is -0.301. The molecule has 6 atom stereocenters. The van der Waals surface area contributed by atoms with E-state index in [-0.39, 0.29) is 18.9 Å². The second-order valence-electron chi connectivity index (χ2n) is 13.7. The van der Waals surface area contributed by atoms with Crippen molar-refractivity contribution in [1.82, 2.24) is 10.6 Å². The van der Waals surface area contributed by atoms with Crippen molar-refractivity contribution >= 4 is 11.8 Å². The lowest BCUT2D eigenvalue weighted by Gasteiger charge is -2.39. The van der Waals surface area contributed by atoms with Crippen LogP contribution in [0, 0.1) is 0 Å². The Bertz CT molecular complexity index is 984. The van der Waals surface area contributed by atoms with E-state index in [0.29, 0.717) is 13.0 Å². The van der Waals surface area contributed by atoms with Crippen molar-refractivity contribution in [1.29, 1.82) is 0 Å². The van der Waals surface area contributed by atoms with E-state index in [2.05, 4.69) is 17.6 Å². The highest BCUT2D eigenvalue weighted by molar-refractivity contribution is 5.87. The number of aliphatic hydroxyl groups is 4. The summed E-state index contributed by atoms with van der Waals surface area (Å²) in [5.41, 5.74) is 0. The average molecular weight is 709 g/mol. The van der Waals surface area contributed by atoms with Crippen molar-refractivity contribution in [2.45, 2.75) is 172 Å². The van der Waals surface area contributed by atoms with Gasteiger partial charge in [0.2, 0.25) is 11.8 Å². The summed E-state index contributed by atoms with van der Waals surface area (Å²) in [4.78, 5) is 26.0. The Kier molecular flexibility index (Phi) is 24.9. The Morgan fingerprint density at radius 3 is 1.90 bits per heavy atom. The van der Waals surface area contributed by atoms with Crippen molar-refractivity contribution in [2.75, 3.05) is 26.4 Å². The van der Waals surface area contributed by atoms with Crippen LogP contribution in [-0.2, 0) is 19.1 Å². The van der Waals surface area contributed by atoms with Gasteiger partial charge in [-0.25, -0.2) is 0 Å². The predicted molar refractivity (Wildman–Crippen MR) is 195 cm³/mol. The molecule has 0 saturated carbocycles. The highest BCUT2D eigenvalue weighted by atomic mass is 16.7. The number of para-hydroxylation sites is 1. The van der Waals surface area contributed by atoms with E-state index in [1.54, 1.807) is 0 Å². The van der Waals surface area contributed by atoms with Gasteiger partial charge in [-0.1, -0.05) is 128 Å². The molecule has 0 aliphatic carbocycles. The minimum absolute atomic E-state index is 0.268. The van der Waals surface area contributed by atoms with Gasteiger partial charge in [0, 0.05) is 13.0 Å². The number of amides is 2. The summed E-state index contributed by atoms with van der Waals surface area (Å²) in [6.45, 7) is 2.53. The zero-order chi connectivity index (χ0) is 36.2. The maximum absolute atomic E-state index is 13.1. The molecule has 1 aliphatic heterocycles. The lowest BCUT2D eigenvalue weighted by atomic mass is 9.99. The quantitative estimate of drug-likeness (QED) is 0.0581. The number of hydrogen-bond donors (Lipinski definition) is 6. The molecule has 0 aromatic heterocycles. The van der Waals surface area contributed by atoms with Crippen LogP contribution >= 0.6 is 0 Å². The Morgan fingerprint density at radius 1 is 0.740 bits per heavy atom. The minimum Gasteiger partial charge on any atom is -0.494 e. The van der Waals surface area contributed by atoms with Crippen molar-refractivity contribution < 1.29 is 44.2 Å². The van der Waals surface area contributed by atoms with Crippen molar-refractivity contribution in [3.63, 3.8) is 0 Å². The molecule has 1 aromatic carbocycles. The highest BCUT2D eigenvalue weighted by Gasteiger charge is 2.44. The van der Waals surface area contributed by atoms with Gasteiger partial charge in [-0.05, 0) is 31.4 Å².